The van der Waals surface area contributed by atoms with E-state index >= 15 is 0 Å². The first-order valence-corrected chi connectivity index (χ1v) is 3.76. The summed E-state index contributed by atoms with van der Waals surface area (Å²) in [6, 6.07) is 7.83. The maximum Gasteiger partial charge on any atom is 0.162 e. The number of hydrogen-bond acceptors (Lipinski definition) is 2. The van der Waals surface area contributed by atoms with Crippen LogP contribution in [-0.4, -0.2) is 0 Å². The van der Waals surface area contributed by atoms with Gasteiger partial charge in [-0.05, 0) is 18.2 Å². The van der Waals surface area contributed by atoms with E-state index in [0.717, 1.165) is 17.0 Å². The van der Waals surface area contributed by atoms with Crippen molar-refractivity contribution in [1.29, 1.82) is 0 Å². The van der Waals surface area contributed by atoms with Crippen LogP contribution in [0.5, 0.6) is 5.75 Å². The smallest absolute Gasteiger partial charge is 0.162 e. The Kier molecular flexibility index (Phi) is 1.59. The molecule has 1 aromatic carbocycles. The zero-order valence-electron chi connectivity index (χ0n) is 6.58. The van der Waals surface area contributed by atoms with Crippen molar-refractivity contribution in [3.8, 4) is 5.75 Å². The first-order chi connectivity index (χ1) is 5.90. The Hall–Kier alpha value is -1.70. The Morgan fingerprint density at radius 1 is 1.33 bits per heavy atom. The maximum absolute atomic E-state index is 5.24. The van der Waals surface area contributed by atoms with E-state index in [1.807, 2.05) is 30.3 Å². The Morgan fingerprint density at radius 3 is 3.00 bits per heavy atom. The van der Waals surface area contributed by atoms with Gasteiger partial charge in [-0.3, -0.25) is 0 Å². The van der Waals surface area contributed by atoms with Crippen LogP contribution >= 0.6 is 0 Å². The van der Waals surface area contributed by atoms with E-state index in [0.29, 0.717) is 0 Å². The second-order valence-corrected chi connectivity index (χ2v) is 2.55. The van der Waals surface area contributed by atoms with Crippen molar-refractivity contribution in [3.05, 3.63) is 48.2 Å². The molecule has 0 aromatic heterocycles. The number of hydroxylamine groups is 1. The van der Waals surface area contributed by atoms with E-state index in [-0.39, 0.29) is 0 Å². The van der Waals surface area contributed by atoms with E-state index in [9.17, 15) is 0 Å². The van der Waals surface area contributed by atoms with Crippen LogP contribution in [0.2, 0.25) is 0 Å². The fourth-order valence-electron chi connectivity index (χ4n) is 1.10. The monoisotopic (exact) mass is 159 g/mol. The first-order valence-electron chi connectivity index (χ1n) is 3.76. The van der Waals surface area contributed by atoms with Crippen LogP contribution in [0.25, 0.3) is 6.08 Å². The van der Waals surface area contributed by atoms with Gasteiger partial charge in [0.25, 0.3) is 0 Å². The lowest BCUT2D eigenvalue weighted by Gasteiger charge is -2.16. The predicted octanol–water partition coefficient (Wildman–Crippen LogP) is 2.11. The topological polar surface area (TPSA) is 21.3 Å². The number of rotatable bonds is 1. The minimum absolute atomic E-state index is 0.850. The minimum atomic E-state index is 0.850. The van der Waals surface area contributed by atoms with Crippen molar-refractivity contribution in [2.75, 3.05) is 0 Å². The van der Waals surface area contributed by atoms with Crippen molar-refractivity contribution in [1.82, 2.24) is 5.48 Å². The summed E-state index contributed by atoms with van der Waals surface area (Å²) in [6.07, 6.45) is 3.71. The summed E-state index contributed by atoms with van der Waals surface area (Å²) < 4.78 is 0. The largest absolute Gasteiger partial charge is 0.382 e. The highest BCUT2D eigenvalue weighted by Gasteiger charge is 2.06. The van der Waals surface area contributed by atoms with Crippen molar-refractivity contribution in [2.24, 2.45) is 0 Å². The van der Waals surface area contributed by atoms with Crippen LogP contribution in [0.4, 0.5) is 0 Å². The summed E-state index contributed by atoms with van der Waals surface area (Å²) in [5.41, 5.74) is 4.73. The standard InChI is InChI=1S/C10H9NO/c1-2-9-7-8-5-3-4-6-10(8)12-11-9/h2-7,11H,1H2. The second-order valence-electron chi connectivity index (χ2n) is 2.55. The lowest BCUT2D eigenvalue weighted by molar-refractivity contribution is 0.230. The van der Waals surface area contributed by atoms with Crippen molar-refractivity contribution < 1.29 is 4.84 Å². The number of para-hydroxylation sites is 1. The number of allylic oxidation sites excluding steroid dienone is 1. The van der Waals surface area contributed by atoms with Gasteiger partial charge >= 0.3 is 0 Å². The summed E-state index contributed by atoms with van der Waals surface area (Å²) in [5, 5.41) is 0. The SMILES string of the molecule is C=CC1=Cc2ccccc2ON1. The normalized spacial score (nSPS) is 13.5. The minimum Gasteiger partial charge on any atom is -0.382 e. The van der Waals surface area contributed by atoms with Crippen LogP contribution in [0.1, 0.15) is 5.56 Å². The lowest BCUT2D eigenvalue weighted by Crippen LogP contribution is -2.19. The molecular formula is C10H9NO. The van der Waals surface area contributed by atoms with Gasteiger partial charge in [-0.2, -0.15) is 0 Å². The predicted molar refractivity (Wildman–Crippen MR) is 48.4 cm³/mol. The van der Waals surface area contributed by atoms with Crippen LogP contribution in [0.15, 0.2) is 42.6 Å². The molecule has 1 aliphatic rings. The molecule has 2 nitrogen and oxygen atoms in total. The lowest BCUT2D eigenvalue weighted by atomic mass is 10.1. The molecule has 1 heterocycles. The van der Waals surface area contributed by atoms with Crippen molar-refractivity contribution in [2.45, 2.75) is 0 Å². The van der Waals surface area contributed by atoms with E-state index in [4.69, 9.17) is 4.84 Å². The summed E-state index contributed by atoms with van der Waals surface area (Å²) in [5.74, 6) is 0.850. The quantitative estimate of drug-likeness (QED) is 0.677. The Morgan fingerprint density at radius 2 is 2.17 bits per heavy atom. The first kappa shape index (κ1) is 6.98. The molecule has 0 spiro atoms. The highest BCUT2D eigenvalue weighted by Crippen LogP contribution is 2.23. The van der Waals surface area contributed by atoms with Gasteiger partial charge in [-0.25, -0.2) is 5.48 Å². The average Bonchev–Trinajstić information content (AvgIpc) is 2.17. The molecule has 12 heavy (non-hydrogen) atoms. The molecular weight excluding hydrogens is 150 g/mol. The Labute approximate surface area is 71.1 Å². The fourth-order valence-corrected chi connectivity index (χ4v) is 1.10. The van der Waals surface area contributed by atoms with Crippen LogP contribution in [0, 0.1) is 0 Å². The third-order valence-electron chi connectivity index (χ3n) is 1.73. The molecule has 0 radical (unpaired) electrons. The summed E-state index contributed by atoms with van der Waals surface area (Å²) in [6.45, 7) is 3.65. The molecule has 0 saturated carbocycles. The molecule has 0 atom stereocenters. The fraction of sp³-hybridized carbons (Fsp3) is 0. The number of fused-ring (bicyclic) bond motifs is 1. The molecule has 60 valence electrons. The zero-order valence-corrected chi connectivity index (χ0v) is 6.58. The Balaban J connectivity index is 2.47. The van der Waals surface area contributed by atoms with E-state index < -0.39 is 0 Å². The highest BCUT2D eigenvalue weighted by atomic mass is 16.6. The van der Waals surface area contributed by atoms with Gasteiger partial charge in [-0.15, -0.1) is 0 Å². The average molecular weight is 159 g/mol. The van der Waals surface area contributed by atoms with Gasteiger partial charge in [-0.1, -0.05) is 24.8 Å². The van der Waals surface area contributed by atoms with Gasteiger partial charge in [0.1, 0.15) is 0 Å². The summed E-state index contributed by atoms with van der Waals surface area (Å²) in [4.78, 5) is 5.24. The van der Waals surface area contributed by atoms with Crippen LogP contribution < -0.4 is 10.3 Å². The molecule has 0 fully saturated rings. The van der Waals surface area contributed by atoms with Crippen molar-refractivity contribution >= 4 is 6.08 Å². The molecule has 0 aliphatic carbocycles. The van der Waals surface area contributed by atoms with Gasteiger partial charge in [0.2, 0.25) is 0 Å². The summed E-state index contributed by atoms with van der Waals surface area (Å²) >= 11 is 0. The molecule has 0 bridgehead atoms. The van der Waals surface area contributed by atoms with E-state index in [1.165, 1.54) is 0 Å². The van der Waals surface area contributed by atoms with Crippen LogP contribution in [0.3, 0.4) is 0 Å². The van der Waals surface area contributed by atoms with E-state index in [2.05, 4.69) is 12.1 Å². The molecule has 0 amide bonds. The van der Waals surface area contributed by atoms with Gasteiger partial charge in [0, 0.05) is 5.56 Å². The molecule has 1 aromatic rings. The van der Waals surface area contributed by atoms with Gasteiger partial charge in [0.05, 0.1) is 5.70 Å². The molecule has 1 aliphatic heterocycles. The van der Waals surface area contributed by atoms with Crippen LogP contribution in [-0.2, 0) is 0 Å². The molecule has 1 N–H and O–H groups in total. The molecule has 0 unspecified atom stereocenters. The molecule has 2 heteroatoms. The number of benzene rings is 1. The zero-order chi connectivity index (χ0) is 8.39. The third-order valence-corrected chi connectivity index (χ3v) is 1.73. The number of hydrogen-bond donors (Lipinski definition) is 1. The second kappa shape index (κ2) is 2.74. The third kappa shape index (κ3) is 1.07. The molecule has 0 saturated heterocycles. The highest BCUT2D eigenvalue weighted by molar-refractivity contribution is 5.62. The summed E-state index contributed by atoms with van der Waals surface area (Å²) in [7, 11) is 0. The van der Waals surface area contributed by atoms with Gasteiger partial charge in [0.15, 0.2) is 5.75 Å². The number of nitrogens with one attached hydrogen (secondary N) is 1. The maximum atomic E-state index is 5.24. The van der Waals surface area contributed by atoms with Gasteiger partial charge < -0.3 is 4.84 Å². The van der Waals surface area contributed by atoms with E-state index in [1.54, 1.807) is 6.08 Å². The molecule has 2 rings (SSSR count). The Bertz CT molecular complexity index is 341. The van der Waals surface area contributed by atoms with Crippen molar-refractivity contribution in [3.63, 3.8) is 0 Å².